The van der Waals surface area contributed by atoms with Gasteiger partial charge in [-0.1, -0.05) is 23.7 Å². The molecule has 0 aromatic rings. The number of rotatable bonds is 1. The highest BCUT2D eigenvalue weighted by Gasteiger charge is 2.15. The maximum absolute atomic E-state index is 9.17. The lowest BCUT2D eigenvalue weighted by atomic mass is 9.85. The highest BCUT2D eigenvalue weighted by molar-refractivity contribution is 6.23. The molecule has 0 saturated carbocycles. The summed E-state index contributed by atoms with van der Waals surface area (Å²) in [6.07, 6.45) is 4.30. The van der Waals surface area contributed by atoms with E-state index in [0.717, 1.165) is 0 Å². The van der Waals surface area contributed by atoms with E-state index in [-0.39, 0.29) is 12.5 Å². The normalized spacial score (nSPS) is 32.0. The lowest BCUT2D eigenvalue weighted by molar-refractivity contribution is 0.125. The number of hydrogen-bond donors (Lipinski definition) is 2. The second-order valence-electron chi connectivity index (χ2n) is 2.36. The second-order valence-corrected chi connectivity index (χ2v) is 2.36. The van der Waals surface area contributed by atoms with Gasteiger partial charge in [-0.25, -0.2) is 0 Å². The molecular weight excluding hydrogens is 127 g/mol. The molecule has 0 aromatic heterocycles. The predicted octanol–water partition coefficient (Wildman–Crippen LogP) is -0.422. The first-order chi connectivity index (χ1) is 4.74. The van der Waals surface area contributed by atoms with Gasteiger partial charge in [0.2, 0.25) is 0 Å². The van der Waals surface area contributed by atoms with E-state index in [0.29, 0.717) is 5.47 Å². The summed E-state index contributed by atoms with van der Waals surface area (Å²) in [5.74, 6) is -0.188. The largest absolute Gasteiger partial charge is 0.396 e. The molecule has 1 aliphatic carbocycles. The molecule has 0 heterocycles. The van der Waals surface area contributed by atoms with Crippen LogP contribution < -0.4 is 0 Å². The first-order valence-electron chi connectivity index (χ1n) is 3.18. The predicted molar refractivity (Wildman–Crippen MR) is 39.6 cm³/mol. The van der Waals surface area contributed by atoms with E-state index < -0.39 is 6.10 Å². The molecule has 0 amide bonds. The zero-order valence-corrected chi connectivity index (χ0v) is 5.57. The van der Waals surface area contributed by atoms with Crippen LogP contribution in [-0.2, 0) is 0 Å². The van der Waals surface area contributed by atoms with Crippen molar-refractivity contribution in [3.63, 3.8) is 0 Å². The Kier molecular flexibility index (Phi) is 2.30. The van der Waals surface area contributed by atoms with Crippen molar-refractivity contribution in [3.8, 4) is 0 Å². The molecular formula is C7H9BO2. The summed E-state index contributed by atoms with van der Waals surface area (Å²) in [6, 6.07) is 0. The number of aliphatic hydroxyl groups excluding tert-OH is 2. The van der Waals surface area contributed by atoms with Gasteiger partial charge in [0.15, 0.2) is 0 Å². The van der Waals surface area contributed by atoms with E-state index in [1.54, 1.807) is 12.2 Å². The molecule has 0 saturated heterocycles. The van der Waals surface area contributed by atoms with Gasteiger partial charge in [-0.3, -0.25) is 0 Å². The second kappa shape index (κ2) is 3.04. The summed E-state index contributed by atoms with van der Waals surface area (Å²) in [7, 11) is 5.37. The zero-order valence-electron chi connectivity index (χ0n) is 5.57. The third kappa shape index (κ3) is 1.49. The Morgan fingerprint density at radius 3 is 2.80 bits per heavy atom. The van der Waals surface area contributed by atoms with Gasteiger partial charge < -0.3 is 10.2 Å². The van der Waals surface area contributed by atoms with Gasteiger partial charge in [-0.2, -0.15) is 0 Å². The van der Waals surface area contributed by atoms with Crippen LogP contribution in [0.5, 0.6) is 0 Å². The maximum atomic E-state index is 9.17. The van der Waals surface area contributed by atoms with Crippen molar-refractivity contribution in [2.75, 3.05) is 6.61 Å². The third-order valence-corrected chi connectivity index (χ3v) is 1.55. The van der Waals surface area contributed by atoms with Crippen LogP contribution in [0.3, 0.4) is 0 Å². The van der Waals surface area contributed by atoms with Gasteiger partial charge in [0.1, 0.15) is 7.85 Å². The molecule has 52 valence electrons. The molecule has 0 bridgehead atoms. The Labute approximate surface area is 61.3 Å². The highest BCUT2D eigenvalue weighted by Crippen LogP contribution is 2.14. The molecule has 0 aliphatic heterocycles. The first kappa shape index (κ1) is 7.57. The molecule has 2 N–H and O–H groups in total. The summed E-state index contributed by atoms with van der Waals surface area (Å²) in [4.78, 5) is 0. The Morgan fingerprint density at radius 2 is 2.30 bits per heavy atom. The van der Waals surface area contributed by atoms with Crippen LogP contribution in [0.2, 0.25) is 0 Å². The molecule has 0 spiro atoms. The summed E-state index contributed by atoms with van der Waals surface area (Å²) in [6.45, 7) is -0.0402. The fraction of sp³-hybridized carbons (Fsp3) is 0.429. The van der Waals surface area contributed by atoms with Gasteiger partial charge in [-0.05, 0) is 0 Å². The average Bonchev–Trinajstić information content (AvgIpc) is 1.88. The lowest BCUT2D eigenvalue weighted by Gasteiger charge is -2.18. The van der Waals surface area contributed by atoms with Gasteiger partial charge in [0.25, 0.3) is 0 Å². The quantitative estimate of drug-likeness (QED) is 0.480. The molecule has 0 fully saturated rings. The number of aliphatic hydroxyl groups is 2. The van der Waals surface area contributed by atoms with Crippen LogP contribution in [-0.4, -0.2) is 30.8 Å². The Balaban J connectivity index is 2.64. The molecule has 0 unspecified atom stereocenters. The topological polar surface area (TPSA) is 40.5 Å². The Hall–Kier alpha value is -0.535. The first-order valence-corrected chi connectivity index (χ1v) is 3.18. The highest BCUT2D eigenvalue weighted by atomic mass is 16.3. The zero-order chi connectivity index (χ0) is 7.56. The van der Waals surface area contributed by atoms with E-state index in [1.807, 2.05) is 0 Å². The van der Waals surface area contributed by atoms with Gasteiger partial charge in [-0.15, -0.1) is 0 Å². The van der Waals surface area contributed by atoms with Crippen molar-refractivity contribution in [2.45, 2.75) is 6.10 Å². The van der Waals surface area contributed by atoms with Crippen molar-refractivity contribution in [2.24, 2.45) is 5.92 Å². The average molecular weight is 136 g/mol. The number of allylic oxidation sites excluding steroid dienone is 2. The molecule has 1 rings (SSSR count). The van der Waals surface area contributed by atoms with E-state index in [4.69, 9.17) is 13.0 Å². The molecule has 2 atom stereocenters. The number of hydrogen-bond acceptors (Lipinski definition) is 2. The summed E-state index contributed by atoms with van der Waals surface area (Å²) >= 11 is 0. The van der Waals surface area contributed by atoms with Crippen LogP contribution in [0.25, 0.3) is 0 Å². The summed E-state index contributed by atoms with van der Waals surface area (Å²) < 4.78 is 0. The fourth-order valence-electron chi connectivity index (χ4n) is 0.894. The summed E-state index contributed by atoms with van der Waals surface area (Å²) in [5, 5.41) is 17.8. The Morgan fingerprint density at radius 1 is 1.60 bits per heavy atom. The van der Waals surface area contributed by atoms with Crippen LogP contribution in [0, 0.1) is 5.92 Å². The van der Waals surface area contributed by atoms with Crippen molar-refractivity contribution in [1.82, 2.24) is 0 Å². The SMILES string of the molecule is [B]C1=C[C@@H](O)[C@H](CO)C=C1. The minimum absolute atomic E-state index is 0.0402. The molecule has 2 nitrogen and oxygen atoms in total. The minimum atomic E-state index is -0.630. The van der Waals surface area contributed by atoms with Crippen molar-refractivity contribution < 1.29 is 10.2 Å². The minimum Gasteiger partial charge on any atom is -0.396 e. The van der Waals surface area contributed by atoms with Crippen LogP contribution >= 0.6 is 0 Å². The van der Waals surface area contributed by atoms with Crippen molar-refractivity contribution >= 4 is 7.85 Å². The smallest absolute Gasteiger partial charge is 0.113 e. The Bertz CT molecular complexity index is 174. The molecule has 3 heteroatoms. The van der Waals surface area contributed by atoms with Crippen LogP contribution in [0.4, 0.5) is 0 Å². The van der Waals surface area contributed by atoms with E-state index in [2.05, 4.69) is 0 Å². The van der Waals surface area contributed by atoms with Crippen molar-refractivity contribution in [3.05, 3.63) is 23.7 Å². The van der Waals surface area contributed by atoms with Gasteiger partial charge >= 0.3 is 0 Å². The fourth-order valence-corrected chi connectivity index (χ4v) is 0.894. The van der Waals surface area contributed by atoms with Crippen LogP contribution in [0.1, 0.15) is 0 Å². The maximum Gasteiger partial charge on any atom is 0.113 e. The van der Waals surface area contributed by atoms with Gasteiger partial charge in [0.05, 0.1) is 12.7 Å². The van der Waals surface area contributed by atoms with Crippen LogP contribution in [0.15, 0.2) is 23.7 Å². The van der Waals surface area contributed by atoms with E-state index >= 15 is 0 Å². The molecule has 1 aliphatic rings. The molecule has 10 heavy (non-hydrogen) atoms. The molecule has 0 aromatic carbocycles. The summed E-state index contributed by atoms with van der Waals surface area (Å²) in [5.41, 5.74) is 0.553. The van der Waals surface area contributed by atoms with Crippen molar-refractivity contribution in [1.29, 1.82) is 0 Å². The van der Waals surface area contributed by atoms with Gasteiger partial charge in [0, 0.05) is 5.92 Å². The lowest BCUT2D eigenvalue weighted by Crippen LogP contribution is -2.22. The van der Waals surface area contributed by atoms with E-state index in [9.17, 15) is 5.11 Å². The molecule has 2 radical (unpaired) electrons. The third-order valence-electron chi connectivity index (χ3n) is 1.55. The monoisotopic (exact) mass is 136 g/mol. The standard InChI is InChI=1S/C7H9BO2/c8-6-2-1-5(4-9)7(10)3-6/h1-3,5,7,9-10H,4H2/t5-,7+/m0/s1. The van der Waals surface area contributed by atoms with E-state index in [1.165, 1.54) is 6.08 Å².